The van der Waals surface area contributed by atoms with Crippen LogP contribution in [0.3, 0.4) is 0 Å². The minimum atomic E-state index is -0.589. The largest absolute Gasteiger partial charge is 0.366 e. The molecule has 0 saturated heterocycles. The van der Waals surface area contributed by atoms with Crippen molar-refractivity contribution in [3.8, 4) is 0 Å². The van der Waals surface area contributed by atoms with Crippen LogP contribution >= 0.6 is 0 Å². The molecule has 0 atom stereocenters. The van der Waals surface area contributed by atoms with Gasteiger partial charge in [0.25, 0.3) is 0 Å². The monoisotopic (exact) mass is 264 g/mol. The van der Waals surface area contributed by atoms with Gasteiger partial charge in [0, 0.05) is 17.7 Å². The number of nitrogens with one attached hydrogen (secondary N) is 1. The SMILES string of the molecule is Cc1noc(CNCc2cc(C(N)=O)ccc2F)n1. The highest BCUT2D eigenvalue weighted by atomic mass is 19.1. The molecule has 0 bridgehead atoms. The van der Waals surface area contributed by atoms with E-state index in [0.29, 0.717) is 23.8 Å². The number of benzene rings is 1. The third kappa shape index (κ3) is 3.35. The topological polar surface area (TPSA) is 94.0 Å². The molecule has 0 aliphatic heterocycles. The molecule has 100 valence electrons. The van der Waals surface area contributed by atoms with E-state index in [-0.39, 0.29) is 12.1 Å². The fourth-order valence-electron chi connectivity index (χ4n) is 1.58. The number of hydrogen-bond acceptors (Lipinski definition) is 5. The quantitative estimate of drug-likeness (QED) is 0.837. The predicted molar refractivity (Wildman–Crippen MR) is 64.5 cm³/mol. The molecule has 0 aliphatic carbocycles. The Balaban J connectivity index is 1.99. The standard InChI is InChI=1S/C12H13FN4O2/c1-7-16-11(19-17-7)6-15-5-9-4-8(12(14)18)2-3-10(9)13/h2-4,15H,5-6H2,1H3,(H2,14,18). The van der Waals surface area contributed by atoms with Crippen molar-refractivity contribution >= 4 is 5.91 Å². The van der Waals surface area contributed by atoms with Crippen molar-refractivity contribution < 1.29 is 13.7 Å². The second-order valence-electron chi connectivity index (χ2n) is 4.01. The van der Waals surface area contributed by atoms with Crippen molar-refractivity contribution in [3.63, 3.8) is 0 Å². The summed E-state index contributed by atoms with van der Waals surface area (Å²) in [6.07, 6.45) is 0. The minimum absolute atomic E-state index is 0.231. The van der Waals surface area contributed by atoms with E-state index in [2.05, 4.69) is 15.5 Å². The lowest BCUT2D eigenvalue weighted by molar-refractivity contribution is 0.1000. The summed E-state index contributed by atoms with van der Waals surface area (Å²) in [5.74, 6) is -0.0318. The highest BCUT2D eigenvalue weighted by Crippen LogP contribution is 2.10. The maximum atomic E-state index is 13.5. The van der Waals surface area contributed by atoms with Gasteiger partial charge < -0.3 is 15.6 Å². The fourth-order valence-corrected chi connectivity index (χ4v) is 1.58. The maximum Gasteiger partial charge on any atom is 0.248 e. The van der Waals surface area contributed by atoms with Crippen LogP contribution in [0, 0.1) is 12.7 Å². The molecule has 19 heavy (non-hydrogen) atoms. The molecule has 0 saturated carbocycles. The van der Waals surface area contributed by atoms with E-state index in [1.807, 2.05) is 0 Å². The molecule has 2 aromatic rings. The van der Waals surface area contributed by atoms with Crippen molar-refractivity contribution in [3.05, 3.63) is 46.9 Å². The molecule has 1 heterocycles. The van der Waals surface area contributed by atoms with Gasteiger partial charge in [-0.15, -0.1) is 0 Å². The summed E-state index contributed by atoms with van der Waals surface area (Å²) < 4.78 is 18.4. The number of rotatable bonds is 5. The van der Waals surface area contributed by atoms with Crippen molar-refractivity contribution in [2.45, 2.75) is 20.0 Å². The van der Waals surface area contributed by atoms with Gasteiger partial charge in [-0.2, -0.15) is 4.98 Å². The number of aryl methyl sites for hydroxylation is 1. The Morgan fingerprint density at radius 1 is 1.47 bits per heavy atom. The Labute approximate surface area is 108 Å². The zero-order valence-electron chi connectivity index (χ0n) is 10.3. The fraction of sp³-hybridized carbons (Fsp3) is 0.250. The van der Waals surface area contributed by atoms with Gasteiger partial charge in [0.05, 0.1) is 6.54 Å². The van der Waals surface area contributed by atoms with E-state index in [9.17, 15) is 9.18 Å². The molecular formula is C12H13FN4O2. The summed E-state index contributed by atoms with van der Waals surface area (Å²) in [5.41, 5.74) is 5.76. The molecule has 0 fully saturated rings. The van der Waals surface area contributed by atoms with Crippen molar-refractivity contribution in [2.75, 3.05) is 0 Å². The molecule has 0 unspecified atom stereocenters. The first-order valence-electron chi connectivity index (χ1n) is 5.64. The van der Waals surface area contributed by atoms with E-state index in [1.165, 1.54) is 18.2 Å². The van der Waals surface area contributed by atoms with E-state index < -0.39 is 11.7 Å². The molecule has 0 spiro atoms. The predicted octanol–water partition coefficient (Wildman–Crippen LogP) is 0.906. The molecule has 1 aromatic heterocycles. The van der Waals surface area contributed by atoms with E-state index in [0.717, 1.165) is 0 Å². The normalized spacial score (nSPS) is 10.6. The molecule has 7 heteroatoms. The lowest BCUT2D eigenvalue weighted by Gasteiger charge is -2.05. The summed E-state index contributed by atoms with van der Waals surface area (Å²) in [6.45, 7) is 2.26. The van der Waals surface area contributed by atoms with Crippen LogP contribution in [0.2, 0.25) is 0 Å². The lowest BCUT2D eigenvalue weighted by atomic mass is 10.1. The van der Waals surface area contributed by atoms with Gasteiger partial charge in [0.2, 0.25) is 11.8 Å². The highest BCUT2D eigenvalue weighted by molar-refractivity contribution is 5.92. The van der Waals surface area contributed by atoms with Gasteiger partial charge >= 0.3 is 0 Å². The number of nitrogens with zero attached hydrogens (tertiary/aromatic N) is 2. The molecule has 6 nitrogen and oxygen atoms in total. The Kier molecular flexibility index (Phi) is 3.86. The van der Waals surface area contributed by atoms with Crippen LogP contribution in [-0.2, 0) is 13.1 Å². The van der Waals surface area contributed by atoms with Crippen molar-refractivity contribution in [2.24, 2.45) is 5.73 Å². The van der Waals surface area contributed by atoms with Crippen LogP contribution in [0.1, 0.15) is 27.6 Å². The second kappa shape index (κ2) is 5.57. The Bertz CT molecular complexity index is 597. The second-order valence-corrected chi connectivity index (χ2v) is 4.01. The summed E-state index contributed by atoms with van der Waals surface area (Å²) in [4.78, 5) is 15.0. The number of primary amides is 1. The molecular weight excluding hydrogens is 251 g/mol. The van der Waals surface area contributed by atoms with E-state index in [1.54, 1.807) is 6.92 Å². The van der Waals surface area contributed by atoms with Crippen LogP contribution in [0.5, 0.6) is 0 Å². The van der Waals surface area contributed by atoms with Crippen molar-refractivity contribution in [1.29, 1.82) is 0 Å². The average molecular weight is 264 g/mol. The minimum Gasteiger partial charge on any atom is -0.366 e. The third-order valence-electron chi connectivity index (χ3n) is 2.49. The Morgan fingerprint density at radius 2 is 2.26 bits per heavy atom. The smallest absolute Gasteiger partial charge is 0.248 e. The van der Waals surface area contributed by atoms with Crippen LogP contribution in [0.15, 0.2) is 22.7 Å². The van der Waals surface area contributed by atoms with Gasteiger partial charge in [-0.3, -0.25) is 4.79 Å². The first kappa shape index (κ1) is 13.2. The van der Waals surface area contributed by atoms with Gasteiger partial charge in [0.1, 0.15) is 5.82 Å². The number of carbonyl (C=O) groups is 1. The average Bonchev–Trinajstić information content (AvgIpc) is 2.77. The first-order valence-corrected chi connectivity index (χ1v) is 5.64. The zero-order chi connectivity index (χ0) is 13.8. The van der Waals surface area contributed by atoms with E-state index in [4.69, 9.17) is 10.3 Å². The van der Waals surface area contributed by atoms with Gasteiger partial charge in [-0.05, 0) is 25.1 Å². The van der Waals surface area contributed by atoms with Gasteiger partial charge in [0.15, 0.2) is 5.82 Å². The number of hydrogen-bond donors (Lipinski definition) is 2. The summed E-state index contributed by atoms with van der Waals surface area (Å²) in [7, 11) is 0. The zero-order valence-corrected chi connectivity index (χ0v) is 10.3. The molecule has 1 amide bonds. The number of halogens is 1. The Hall–Kier alpha value is -2.28. The Morgan fingerprint density at radius 3 is 2.89 bits per heavy atom. The molecule has 2 rings (SSSR count). The lowest BCUT2D eigenvalue weighted by Crippen LogP contribution is -2.16. The van der Waals surface area contributed by atoms with Crippen LogP contribution in [-0.4, -0.2) is 16.0 Å². The number of carbonyl (C=O) groups excluding carboxylic acids is 1. The van der Waals surface area contributed by atoms with Gasteiger partial charge in [-0.1, -0.05) is 5.16 Å². The molecule has 0 aliphatic rings. The van der Waals surface area contributed by atoms with Crippen LogP contribution in [0.25, 0.3) is 0 Å². The number of nitrogens with two attached hydrogens (primary N) is 1. The molecule has 0 radical (unpaired) electrons. The highest BCUT2D eigenvalue weighted by Gasteiger charge is 2.08. The number of aromatic nitrogens is 2. The van der Waals surface area contributed by atoms with Crippen molar-refractivity contribution in [1.82, 2.24) is 15.5 Å². The maximum absolute atomic E-state index is 13.5. The molecule has 1 aromatic carbocycles. The summed E-state index contributed by atoms with van der Waals surface area (Å²) >= 11 is 0. The number of amides is 1. The summed E-state index contributed by atoms with van der Waals surface area (Å²) in [6, 6.07) is 3.99. The third-order valence-corrected chi connectivity index (χ3v) is 2.49. The van der Waals surface area contributed by atoms with Gasteiger partial charge in [-0.25, -0.2) is 4.39 Å². The van der Waals surface area contributed by atoms with E-state index >= 15 is 0 Å². The first-order chi connectivity index (χ1) is 9.06. The van der Waals surface area contributed by atoms with Crippen LogP contribution < -0.4 is 11.1 Å². The van der Waals surface area contributed by atoms with Crippen LogP contribution in [0.4, 0.5) is 4.39 Å². The molecule has 3 N–H and O–H groups in total. The summed E-state index contributed by atoms with van der Waals surface area (Å²) in [5, 5.41) is 6.59.